The highest BCUT2D eigenvalue weighted by atomic mass is 79.9. The van der Waals surface area contributed by atoms with Crippen LogP contribution in [-0.4, -0.2) is 13.1 Å². The second-order valence-corrected chi connectivity index (χ2v) is 3.30. The van der Waals surface area contributed by atoms with Crippen molar-refractivity contribution in [2.24, 2.45) is 0 Å². The van der Waals surface area contributed by atoms with E-state index in [0.717, 1.165) is 4.47 Å². The molecule has 0 bridgehead atoms. The molecule has 2 amide bonds. The number of hydrogen-bond acceptors (Lipinski definition) is 2. The maximum atomic E-state index is 10.9. The summed E-state index contributed by atoms with van der Waals surface area (Å²) in [5, 5.41) is 5.09. The number of carbonyl (C=O) groups excluding carboxylic acids is 1. The number of nitrogens with one attached hydrogen (secondary N) is 2. The van der Waals surface area contributed by atoms with Gasteiger partial charge < -0.3 is 16.4 Å². The Morgan fingerprint density at radius 2 is 2.23 bits per heavy atom. The van der Waals surface area contributed by atoms with Gasteiger partial charge in [0.25, 0.3) is 0 Å². The topological polar surface area (TPSA) is 67.2 Å². The lowest BCUT2D eigenvalue weighted by Gasteiger charge is -2.06. The van der Waals surface area contributed by atoms with Gasteiger partial charge in [-0.05, 0) is 34.1 Å². The normalized spacial score (nSPS) is 9.38. The summed E-state index contributed by atoms with van der Waals surface area (Å²) >= 11 is 3.28. The largest absolute Gasteiger partial charge is 0.399 e. The average molecular weight is 244 g/mol. The van der Waals surface area contributed by atoms with Crippen molar-refractivity contribution in [1.29, 1.82) is 0 Å². The first-order valence-corrected chi connectivity index (χ1v) is 4.46. The predicted molar refractivity (Wildman–Crippen MR) is 56.6 cm³/mol. The molecule has 0 unspecified atom stereocenters. The Balaban J connectivity index is 2.83. The molecule has 70 valence electrons. The van der Waals surface area contributed by atoms with Crippen molar-refractivity contribution >= 4 is 33.3 Å². The highest BCUT2D eigenvalue weighted by molar-refractivity contribution is 9.10. The standard InChI is InChI=1S/C8H10BrN3O/c1-11-8(13)12-7-3-2-5(10)4-6(7)9/h2-4H,10H2,1H3,(H2,11,12,13). The van der Waals surface area contributed by atoms with Crippen molar-refractivity contribution < 1.29 is 4.79 Å². The molecule has 0 atom stereocenters. The predicted octanol–water partition coefficient (Wildman–Crippen LogP) is 1.78. The molecule has 5 heteroatoms. The van der Waals surface area contributed by atoms with E-state index in [0.29, 0.717) is 11.4 Å². The number of hydrogen-bond donors (Lipinski definition) is 3. The zero-order valence-electron chi connectivity index (χ0n) is 7.10. The lowest BCUT2D eigenvalue weighted by molar-refractivity contribution is 0.254. The molecule has 4 nitrogen and oxygen atoms in total. The summed E-state index contributed by atoms with van der Waals surface area (Å²) in [6, 6.07) is 4.92. The third-order valence-corrected chi connectivity index (χ3v) is 2.12. The molecule has 13 heavy (non-hydrogen) atoms. The zero-order valence-corrected chi connectivity index (χ0v) is 8.68. The molecule has 0 aliphatic heterocycles. The summed E-state index contributed by atoms with van der Waals surface area (Å²) in [6.07, 6.45) is 0. The minimum absolute atomic E-state index is 0.259. The summed E-state index contributed by atoms with van der Waals surface area (Å²) in [4.78, 5) is 10.9. The third-order valence-electron chi connectivity index (χ3n) is 1.47. The number of amides is 2. The van der Waals surface area contributed by atoms with Crippen LogP contribution in [-0.2, 0) is 0 Å². The highest BCUT2D eigenvalue weighted by Gasteiger charge is 2.02. The molecule has 0 aliphatic rings. The van der Waals surface area contributed by atoms with E-state index in [-0.39, 0.29) is 6.03 Å². The molecule has 0 saturated heterocycles. The van der Waals surface area contributed by atoms with Gasteiger partial charge in [0.05, 0.1) is 5.69 Å². The van der Waals surface area contributed by atoms with Crippen molar-refractivity contribution in [3.63, 3.8) is 0 Å². The van der Waals surface area contributed by atoms with Gasteiger partial charge in [0.15, 0.2) is 0 Å². The van der Waals surface area contributed by atoms with E-state index in [1.807, 2.05) is 0 Å². The minimum Gasteiger partial charge on any atom is -0.399 e. The number of anilines is 2. The van der Waals surface area contributed by atoms with E-state index in [1.54, 1.807) is 25.2 Å². The van der Waals surface area contributed by atoms with Crippen LogP contribution in [0, 0.1) is 0 Å². The molecule has 0 fully saturated rings. The van der Waals surface area contributed by atoms with Gasteiger partial charge in [0.2, 0.25) is 0 Å². The summed E-state index contributed by atoms with van der Waals surface area (Å²) in [6.45, 7) is 0. The van der Waals surface area contributed by atoms with Crippen LogP contribution in [0.1, 0.15) is 0 Å². The fourth-order valence-electron chi connectivity index (χ4n) is 0.818. The molecule has 1 rings (SSSR count). The van der Waals surface area contributed by atoms with E-state index in [4.69, 9.17) is 5.73 Å². The number of benzene rings is 1. The van der Waals surface area contributed by atoms with Crippen LogP contribution < -0.4 is 16.4 Å². The van der Waals surface area contributed by atoms with Crippen LogP contribution >= 0.6 is 15.9 Å². The van der Waals surface area contributed by atoms with Crippen molar-refractivity contribution in [3.05, 3.63) is 22.7 Å². The maximum absolute atomic E-state index is 10.9. The first-order valence-electron chi connectivity index (χ1n) is 3.67. The summed E-state index contributed by atoms with van der Waals surface area (Å²) < 4.78 is 0.760. The molecule has 1 aromatic rings. The lowest BCUT2D eigenvalue weighted by Crippen LogP contribution is -2.24. The van der Waals surface area contributed by atoms with Gasteiger partial charge in [0, 0.05) is 17.2 Å². The molecular weight excluding hydrogens is 234 g/mol. The van der Waals surface area contributed by atoms with Crippen molar-refractivity contribution in [1.82, 2.24) is 5.32 Å². The summed E-state index contributed by atoms with van der Waals surface area (Å²) in [5.74, 6) is 0. The first-order chi connectivity index (χ1) is 6.13. The van der Waals surface area contributed by atoms with Gasteiger partial charge in [-0.1, -0.05) is 0 Å². The fourth-order valence-corrected chi connectivity index (χ4v) is 1.31. The Labute approximate surface area is 84.6 Å². The average Bonchev–Trinajstić information content (AvgIpc) is 2.09. The Kier molecular flexibility index (Phi) is 3.13. The van der Waals surface area contributed by atoms with Crippen LogP contribution in [0.15, 0.2) is 22.7 Å². The quantitative estimate of drug-likeness (QED) is 0.659. The highest BCUT2D eigenvalue weighted by Crippen LogP contribution is 2.24. The summed E-state index contributed by atoms with van der Waals surface area (Å²) in [5.41, 5.74) is 6.87. The number of urea groups is 1. The monoisotopic (exact) mass is 243 g/mol. The number of nitrogens with two attached hydrogens (primary N) is 1. The molecule has 0 heterocycles. The number of nitrogen functional groups attached to an aromatic ring is 1. The molecule has 0 aliphatic carbocycles. The number of rotatable bonds is 1. The van der Waals surface area contributed by atoms with E-state index < -0.39 is 0 Å². The van der Waals surface area contributed by atoms with E-state index in [2.05, 4.69) is 26.6 Å². The van der Waals surface area contributed by atoms with Crippen molar-refractivity contribution in [2.75, 3.05) is 18.1 Å². The van der Waals surface area contributed by atoms with E-state index >= 15 is 0 Å². The van der Waals surface area contributed by atoms with Gasteiger partial charge in [-0.15, -0.1) is 0 Å². The number of halogens is 1. The Bertz CT molecular complexity index is 327. The molecule has 1 aromatic carbocycles. The number of carbonyl (C=O) groups is 1. The molecule has 0 spiro atoms. The Morgan fingerprint density at radius 1 is 1.54 bits per heavy atom. The zero-order chi connectivity index (χ0) is 9.84. The molecule has 4 N–H and O–H groups in total. The van der Waals surface area contributed by atoms with Crippen LogP contribution in [0.2, 0.25) is 0 Å². The summed E-state index contributed by atoms with van der Waals surface area (Å²) in [7, 11) is 1.56. The van der Waals surface area contributed by atoms with Gasteiger partial charge in [0.1, 0.15) is 0 Å². The fraction of sp³-hybridized carbons (Fsp3) is 0.125. The van der Waals surface area contributed by atoms with Crippen LogP contribution in [0.3, 0.4) is 0 Å². The first kappa shape index (κ1) is 9.85. The van der Waals surface area contributed by atoms with Gasteiger partial charge in [-0.3, -0.25) is 0 Å². The second kappa shape index (κ2) is 4.13. The minimum atomic E-state index is -0.259. The molecular formula is C8H10BrN3O. The second-order valence-electron chi connectivity index (χ2n) is 2.44. The van der Waals surface area contributed by atoms with E-state index in [9.17, 15) is 4.79 Å². The Morgan fingerprint density at radius 3 is 2.77 bits per heavy atom. The third kappa shape index (κ3) is 2.62. The van der Waals surface area contributed by atoms with Crippen LogP contribution in [0.25, 0.3) is 0 Å². The maximum Gasteiger partial charge on any atom is 0.319 e. The van der Waals surface area contributed by atoms with Gasteiger partial charge in [-0.2, -0.15) is 0 Å². The molecule has 0 radical (unpaired) electrons. The lowest BCUT2D eigenvalue weighted by atomic mass is 10.3. The molecule has 0 aromatic heterocycles. The van der Waals surface area contributed by atoms with Gasteiger partial charge in [-0.25, -0.2) is 4.79 Å². The Hall–Kier alpha value is -1.23. The van der Waals surface area contributed by atoms with Crippen LogP contribution in [0.4, 0.5) is 16.2 Å². The van der Waals surface area contributed by atoms with Crippen molar-refractivity contribution in [3.8, 4) is 0 Å². The molecule has 0 saturated carbocycles. The SMILES string of the molecule is CNC(=O)Nc1ccc(N)cc1Br. The van der Waals surface area contributed by atoms with E-state index in [1.165, 1.54) is 0 Å². The van der Waals surface area contributed by atoms with Gasteiger partial charge >= 0.3 is 6.03 Å². The van der Waals surface area contributed by atoms with Crippen LogP contribution in [0.5, 0.6) is 0 Å². The van der Waals surface area contributed by atoms with Crippen molar-refractivity contribution in [2.45, 2.75) is 0 Å². The smallest absolute Gasteiger partial charge is 0.319 e.